The molecule has 6 nitrogen and oxygen atoms in total. The maximum atomic E-state index is 13.4. The number of nitrogens with zero attached hydrogens (tertiary/aromatic N) is 1. The topological polar surface area (TPSA) is 71.9 Å². The minimum atomic E-state index is -4.70. The SMILES string of the molecule is Cc1ccc(C2=NOC3(CCNCC3)C2OC(=O)Nc2ccc(Cl)cc2C(F)(F)F)cc1. The van der Waals surface area contributed by atoms with E-state index in [1.54, 1.807) is 0 Å². The molecule has 2 heterocycles. The Morgan fingerprint density at radius 3 is 2.56 bits per heavy atom. The number of hydrogen-bond donors (Lipinski definition) is 2. The highest BCUT2D eigenvalue weighted by Gasteiger charge is 2.52. The van der Waals surface area contributed by atoms with Gasteiger partial charge in [0, 0.05) is 23.4 Å². The number of alkyl halides is 3. The van der Waals surface area contributed by atoms with Crippen LogP contribution in [0.3, 0.4) is 0 Å². The normalized spacial score (nSPS) is 19.9. The molecule has 170 valence electrons. The van der Waals surface area contributed by atoms with Gasteiger partial charge in [0.15, 0.2) is 11.7 Å². The van der Waals surface area contributed by atoms with Crippen LogP contribution in [0.25, 0.3) is 0 Å². The van der Waals surface area contributed by atoms with E-state index >= 15 is 0 Å². The van der Waals surface area contributed by atoms with E-state index in [4.69, 9.17) is 21.2 Å². The number of oxime groups is 1. The lowest BCUT2D eigenvalue weighted by Crippen LogP contribution is -2.53. The molecule has 32 heavy (non-hydrogen) atoms. The van der Waals surface area contributed by atoms with E-state index in [0.29, 0.717) is 37.2 Å². The lowest BCUT2D eigenvalue weighted by atomic mass is 9.83. The number of ether oxygens (including phenoxy) is 1. The molecule has 2 aliphatic heterocycles. The van der Waals surface area contributed by atoms with Gasteiger partial charge in [-0.25, -0.2) is 4.79 Å². The van der Waals surface area contributed by atoms with Crippen molar-refractivity contribution in [2.24, 2.45) is 5.16 Å². The summed E-state index contributed by atoms with van der Waals surface area (Å²) < 4.78 is 45.8. The quantitative estimate of drug-likeness (QED) is 0.655. The predicted molar refractivity (Wildman–Crippen MR) is 114 cm³/mol. The fourth-order valence-corrected chi connectivity index (χ4v) is 4.06. The van der Waals surface area contributed by atoms with Crippen molar-refractivity contribution in [3.8, 4) is 0 Å². The third kappa shape index (κ3) is 4.54. The van der Waals surface area contributed by atoms with Crippen molar-refractivity contribution in [1.29, 1.82) is 0 Å². The molecular formula is C22H21ClF3N3O3. The zero-order valence-corrected chi connectivity index (χ0v) is 17.9. The first kappa shape index (κ1) is 22.4. The van der Waals surface area contributed by atoms with Gasteiger partial charge in [0.1, 0.15) is 5.71 Å². The summed E-state index contributed by atoms with van der Waals surface area (Å²) in [4.78, 5) is 18.5. The molecular weight excluding hydrogens is 447 g/mol. The second-order valence-electron chi connectivity index (χ2n) is 7.85. The zero-order chi connectivity index (χ0) is 22.9. The first-order chi connectivity index (χ1) is 15.2. The van der Waals surface area contributed by atoms with Crippen LogP contribution in [0.5, 0.6) is 0 Å². The summed E-state index contributed by atoms with van der Waals surface area (Å²) in [6.45, 7) is 3.21. The Bertz CT molecular complexity index is 1030. The van der Waals surface area contributed by atoms with E-state index in [0.717, 1.165) is 17.7 Å². The van der Waals surface area contributed by atoms with E-state index in [-0.39, 0.29) is 5.02 Å². The largest absolute Gasteiger partial charge is 0.435 e. The lowest BCUT2D eigenvalue weighted by Gasteiger charge is -2.36. The van der Waals surface area contributed by atoms with Crippen molar-refractivity contribution in [1.82, 2.24) is 5.32 Å². The molecule has 2 aliphatic rings. The zero-order valence-electron chi connectivity index (χ0n) is 17.1. The number of rotatable bonds is 3. The number of carbonyl (C=O) groups excluding carboxylic acids is 1. The number of carbonyl (C=O) groups is 1. The smallest absolute Gasteiger partial charge is 0.418 e. The van der Waals surface area contributed by atoms with Crippen LogP contribution < -0.4 is 10.6 Å². The second-order valence-corrected chi connectivity index (χ2v) is 8.28. The first-order valence-corrected chi connectivity index (χ1v) is 10.4. The Labute approximate surface area is 187 Å². The third-order valence-corrected chi connectivity index (χ3v) is 5.83. The molecule has 0 radical (unpaired) electrons. The van der Waals surface area contributed by atoms with Crippen molar-refractivity contribution in [2.75, 3.05) is 18.4 Å². The number of aryl methyl sites for hydroxylation is 1. The Morgan fingerprint density at radius 1 is 1.22 bits per heavy atom. The number of nitrogens with one attached hydrogen (secondary N) is 2. The maximum absolute atomic E-state index is 13.4. The van der Waals surface area contributed by atoms with Gasteiger partial charge in [0.25, 0.3) is 0 Å². The van der Waals surface area contributed by atoms with Crippen LogP contribution in [0.4, 0.5) is 23.7 Å². The summed E-state index contributed by atoms with van der Waals surface area (Å²) in [5, 5.41) is 9.54. The van der Waals surface area contributed by atoms with Crippen molar-refractivity contribution in [3.63, 3.8) is 0 Å². The first-order valence-electron chi connectivity index (χ1n) is 10.1. The van der Waals surface area contributed by atoms with Crippen molar-refractivity contribution in [3.05, 3.63) is 64.2 Å². The van der Waals surface area contributed by atoms with Crippen LogP contribution in [-0.2, 0) is 15.8 Å². The fraction of sp³-hybridized carbons (Fsp3) is 0.364. The molecule has 2 N–H and O–H groups in total. The number of piperidine rings is 1. The molecule has 2 aromatic rings. The number of halogens is 4. The molecule has 10 heteroatoms. The Hall–Kier alpha value is -2.78. The van der Waals surface area contributed by atoms with Gasteiger partial charge in [0.05, 0.1) is 11.3 Å². The molecule has 1 amide bonds. The molecule has 1 saturated heterocycles. The van der Waals surface area contributed by atoms with Crippen LogP contribution in [0, 0.1) is 6.92 Å². The second kappa shape index (κ2) is 8.63. The van der Waals surface area contributed by atoms with E-state index in [9.17, 15) is 18.0 Å². The van der Waals surface area contributed by atoms with E-state index < -0.39 is 35.2 Å². The van der Waals surface area contributed by atoms with Crippen molar-refractivity contribution < 1.29 is 27.5 Å². The van der Waals surface area contributed by atoms with Gasteiger partial charge in [-0.2, -0.15) is 13.2 Å². The summed E-state index contributed by atoms with van der Waals surface area (Å²) in [7, 11) is 0. The summed E-state index contributed by atoms with van der Waals surface area (Å²) in [6.07, 6.45) is -5.56. The summed E-state index contributed by atoms with van der Waals surface area (Å²) >= 11 is 5.71. The van der Waals surface area contributed by atoms with Gasteiger partial charge in [-0.15, -0.1) is 0 Å². The van der Waals surface area contributed by atoms with E-state index in [1.807, 2.05) is 31.2 Å². The summed E-state index contributed by atoms with van der Waals surface area (Å²) in [5.74, 6) is 0. The fourth-order valence-electron chi connectivity index (χ4n) is 3.89. The summed E-state index contributed by atoms with van der Waals surface area (Å²) in [5.41, 5.74) is -0.203. The molecule has 0 aliphatic carbocycles. The predicted octanol–water partition coefficient (Wildman–Crippen LogP) is 5.14. The molecule has 2 aromatic carbocycles. The van der Waals surface area contributed by atoms with Crippen LogP contribution >= 0.6 is 11.6 Å². The molecule has 4 rings (SSSR count). The monoisotopic (exact) mass is 467 g/mol. The van der Waals surface area contributed by atoms with E-state index in [1.165, 1.54) is 6.07 Å². The highest BCUT2D eigenvalue weighted by Crippen LogP contribution is 2.39. The van der Waals surface area contributed by atoms with E-state index in [2.05, 4.69) is 15.8 Å². The van der Waals surface area contributed by atoms with Crippen molar-refractivity contribution in [2.45, 2.75) is 37.6 Å². The number of anilines is 1. The molecule has 0 saturated carbocycles. The number of hydrogen-bond acceptors (Lipinski definition) is 5. The van der Waals surface area contributed by atoms with Gasteiger partial charge in [-0.1, -0.05) is 46.6 Å². The number of benzene rings is 2. The van der Waals surface area contributed by atoms with Crippen molar-refractivity contribution >= 4 is 29.1 Å². The highest BCUT2D eigenvalue weighted by atomic mass is 35.5. The Morgan fingerprint density at radius 2 is 1.91 bits per heavy atom. The average Bonchev–Trinajstić information content (AvgIpc) is 3.07. The lowest BCUT2D eigenvalue weighted by molar-refractivity contribution is -0.136. The van der Waals surface area contributed by atoms with Gasteiger partial charge in [-0.05, 0) is 38.2 Å². The van der Waals surface area contributed by atoms with Gasteiger partial charge in [0.2, 0.25) is 0 Å². The Balaban J connectivity index is 1.60. The standard InChI is InChI=1S/C22H21ClF3N3O3/c1-13-2-4-14(5-3-13)18-19(21(32-29-18)8-10-27-11-9-21)31-20(30)28-17-7-6-15(23)12-16(17)22(24,25)26/h2-7,12,19,27H,8-11H2,1H3,(H,28,30). The van der Waals surface area contributed by atoms with Crippen LogP contribution in [0.2, 0.25) is 5.02 Å². The van der Waals surface area contributed by atoms with Gasteiger partial charge >= 0.3 is 12.3 Å². The van der Waals surface area contributed by atoms with Crippen LogP contribution in [-0.4, -0.2) is 36.6 Å². The van der Waals surface area contributed by atoms with Crippen LogP contribution in [0.15, 0.2) is 47.6 Å². The minimum Gasteiger partial charge on any atom is -0.435 e. The molecule has 1 atom stereocenters. The maximum Gasteiger partial charge on any atom is 0.418 e. The molecule has 1 fully saturated rings. The molecule has 1 unspecified atom stereocenters. The minimum absolute atomic E-state index is 0.0946. The molecule has 0 bridgehead atoms. The van der Waals surface area contributed by atoms with Crippen LogP contribution in [0.1, 0.15) is 29.5 Å². The molecule has 0 aromatic heterocycles. The summed E-state index contributed by atoms with van der Waals surface area (Å²) in [6, 6.07) is 10.6. The molecule has 1 spiro atoms. The average molecular weight is 468 g/mol. The Kier molecular flexibility index (Phi) is 6.05. The highest BCUT2D eigenvalue weighted by molar-refractivity contribution is 6.30. The van der Waals surface area contributed by atoms with Gasteiger partial charge < -0.3 is 14.9 Å². The van der Waals surface area contributed by atoms with Gasteiger partial charge in [-0.3, -0.25) is 5.32 Å². The third-order valence-electron chi connectivity index (χ3n) is 5.60. The number of amides is 1.